The van der Waals surface area contributed by atoms with E-state index in [1.807, 2.05) is 30.3 Å². The van der Waals surface area contributed by atoms with E-state index < -0.39 is 11.4 Å². The van der Waals surface area contributed by atoms with Crippen LogP contribution in [-0.4, -0.2) is 56.0 Å². The van der Waals surface area contributed by atoms with E-state index in [-0.39, 0.29) is 24.0 Å². The molecular formula is C25H29N3O5. The van der Waals surface area contributed by atoms with Gasteiger partial charge in [-0.1, -0.05) is 18.2 Å². The van der Waals surface area contributed by atoms with Gasteiger partial charge in [0.2, 0.25) is 5.43 Å². The summed E-state index contributed by atoms with van der Waals surface area (Å²) in [7, 11) is 3.12. The van der Waals surface area contributed by atoms with E-state index in [0.717, 1.165) is 30.3 Å². The largest absolute Gasteiger partial charge is 0.491 e. The Kier molecular flexibility index (Phi) is 6.65. The Morgan fingerprint density at radius 3 is 2.79 bits per heavy atom. The van der Waals surface area contributed by atoms with Crippen LogP contribution < -0.4 is 15.1 Å². The molecule has 0 bridgehead atoms. The van der Waals surface area contributed by atoms with E-state index in [4.69, 9.17) is 19.2 Å². The zero-order valence-electron chi connectivity index (χ0n) is 19.4. The molecule has 0 radical (unpaired) electrons. The van der Waals surface area contributed by atoms with Gasteiger partial charge in [0.1, 0.15) is 11.4 Å². The van der Waals surface area contributed by atoms with Gasteiger partial charge < -0.3 is 24.1 Å². The van der Waals surface area contributed by atoms with Crippen molar-refractivity contribution in [1.29, 1.82) is 0 Å². The lowest BCUT2D eigenvalue weighted by atomic mass is 10.0. The lowest BCUT2D eigenvalue weighted by Crippen LogP contribution is -2.40. The number of aromatic nitrogens is 2. The molecule has 4 rings (SSSR count). The van der Waals surface area contributed by atoms with Crippen molar-refractivity contribution in [1.82, 2.24) is 9.97 Å². The van der Waals surface area contributed by atoms with Gasteiger partial charge in [-0.15, -0.1) is 0 Å². The van der Waals surface area contributed by atoms with Gasteiger partial charge in [0, 0.05) is 31.1 Å². The number of methoxy groups -OCH3 is 2. The van der Waals surface area contributed by atoms with Crippen LogP contribution >= 0.6 is 0 Å². The van der Waals surface area contributed by atoms with Gasteiger partial charge in [-0.25, -0.2) is 9.78 Å². The van der Waals surface area contributed by atoms with Gasteiger partial charge in [0.05, 0.1) is 36.7 Å². The number of para-hydroxylation sites is 1. The number of esters is 1. The molecule has 2 aromatic heterocycles. The highest BCUT2D eigenvalue weighted by molar-refractivity contribution is 6.00. The molecule has 174 valence electrons. The minimum absolute atomic E-state index is 0.0843. The van der Waals surface area contributed by atoms with Crippen molar-refractivity contribution in [3.05, 3.63) is 51.8 Å². The predicted molar refractivity (Wildman–Crippen MR) is 127 cm³/mol. The second kappa shape index (κ2) is 9.62. The highest BCUT2D eigenvalue weighted by Gasteiger charge is 2.29. The van der Waals surface area contributed by atoms with Gasteiger partial charge in [-0.2, -0.15) is 0 Å². The van der Waals surface area contributed by atoms with Gasteiger partial charge >= 0.3 is 5.97 Å². The fourth-order valence-corrected chi connectivity index (χ4v) is 4.40. The number of piperidine rings is 1. The summed E-state index contributed by atoms with van der Waals surface area (Å²) in [4.78, 5) is 36.6. The number of carbonyl (C=O) groups excluding carboxylic acids is 1. The molecule has 8 nitrogen and oxygen atoms in total. The Balaban J connectivity index is 2.01. The number of anilines is 1. The van der Waals surface area contributed by atoms with Crippen molar-refractivity contribution >= 4 is 22.7 Å². The smallest absolute Gasteiger partial charge is 0.344 e. The van der Waals surface area contributed by atoms with Gasteiger partial charge in [0.15, 0.2) is 5.75 Å². The monoisotopic (exact) mass is 451 g/mol. The molecule has 0 unspecified atom stereocenters. The van der Waals surface area contributed by atoms with Gasteiger partial charge in [0.25, 0.3) is 0 Å². The second-order valence-electron chi connectivity index (χ2n) is 8.08. The zero-order valence-corrected chi connectivity index (χ0v) is 19.4. The maximum absolute atomic E-state index is 13.3. The summed E-state index contributed by atoms with van der Waals surface area (Å²) in [6.07, 6.45) is 2.01. The van der Waals surface area contributed by atoms with Crippen molar-refractivity contribution < 1.29 is 19.0 Å². The molecule has 33 heavy (non-hydrogen) atoms. The minimum Gasteiger partial charge on any atom is -0.491 e. The van der Waals surface area contributed by atoms with Crippen molar-refractivity contribution in [3.8, 4) is 17.0 Å². The van der Waals surface area contributed by atoms with Crippen LogP contribution in [0.5, 0.6) is 5.75 Å². The Labute approximate surface area is 192 Å². The quantitative estimate of drug-likeness (QED) is 0.571. The first kappa shape index (κ1) is 22.8. The van der Waals surface area contributed by atoms with Crippen LogP contribution in [0.25, 0.3) is 22.2 Å². The molecule has 1 aliphatic rings. The maximum Gasteiger partial charge on any atom is 0.344 e. The number of nitrogens with one attached hydrogen (secondary N) is 1. The third-order valence-corrected chi connectivity index (χ3v) is 6.00. The molecule has 1 fully saturated rings. The van der Waals surface area contributed by atoms with Crippen LogP contribution in [0.1, 0.15) is 35.8 Å². The van der Waals surface area contributed by atoms with E-state index in [1.165, 1.54) is 7.11 Å². The highest BCUT2D eigenvalue weighted by atomic mass is 16.5. The molecule has 0 amide bonds. The van der Waals surface area contributed by atoms with Crippen molar-refractivity contribution in [3.63, 3.8) is 0 Å². The standard InChI is InChI=1S/C25H29N3O5/c1-5-33-25(30)20-21(26-15(2)23(32-4)22(20)29)18-13-16-9-6-7-11-19(16)27-24(18)28-12-8-10-17(14-28)31-3/h6-7,9,11,13,17H,5,8,10,12,14H2,1-4H3,(H,26,29)/t17-/m0/s1. The molecule has 1 aliphatic heterocycles. The number of fused-ring (bicyclic) bond motifs is 1. The first-order chi connectivity index (χ1) is 16.0. The van der Waals surface area contributed by atoms with Crippen LogP contribution in [-0.2, 0) is 9.47 Å². The first-order valence-corrected chi connectivity index (χ1v) is 11.1. The Bertz CT molecular complexity index is 1240. The van der Waals surface area contributed by atoms with Gasteiger partial charge in [-0.05, 0) is 38.8 Å². The summed E-state index contributed by atoms with van der Waals surface area (Å²) in [6.45, 7) is 5.07. The first-order valence-electron chi connectivity index (χ1n) is 11.1. The van der Waals surface area contributed by atoms with E-state index >= 15 is 0 Å². The van der Waals surface area contributed by atoms with E-state index in [2.05, 4.69) is 9.88 Å². The third-order valence-electron chi connectivity index (χ3n) is 6.00. The number of carbonyl (C=O) groups is 1. The molecule has 0 saturated carbocycles. The summed E-state index contributed by atoms with van der Waals surface area (Å²) in [5.74, 6) is 0.0929. The second-order valence-corrected chi connectivity index (χ2v) is 8.08. The van der Waals surface area contributed by atoms with Crippen molar-refractivity contribution in [2.45, 2.75) is 32.8 Å². The lowest BCUT2D eigenvalue weighted by molar-refractivity contribution is 0.0525. The van der Waals surface area contributed by atoms with Crippen LogP contribution in [0.2, 0.25) is 0 Å². The predicted octanol–water partition coefficient (Wildman–Crippen LogP) is 3.70. The third kappa shape index (κ3) is 4.30. The molecule has 3 aromatic rings. The zero-order chi connectivity index (χ0) is 23.5. The average molecular weight is 452 g/mol. The Morgan fingerprint density at radius 2 is 2.06 bits per heavy atom. The number of nitrogens with zero attached hydrogens (tertiary/aromatic N) is 2. The number of ether oxygens (including phenoxy) is 3. The number of hydrogen-bond donors (Lipinski definition) is 1. The maximum atomic E-state index is 13.3. The average Bonchev–Trinajstić information content (AvgIpc) is 2.83. The van der Waals surface area contributed by atoms with Crippen molar-refractivity contribution in [2.24, 2.45) is 0 Å². The van der Waals surface area contributed by atoms with E-state index in [9.17, 15) is 9.59 Å². The molecule has 3 heterocycles. The molecule has 8 heteroatoms. The summed E-state index contributed by atoms with van der Waals surface area (Å²) in [6, 6.07) is 9.75. The van der Waals surface area contributed by atoms with Crippen LogP contribution in [0.15, 0.2) is 35.1 Å². The highest BCUT2D eigenvalue weighted by Crippen LogP contribution is 2.35. The number of aromatic amines is 1. The van der Waals surface area contributed by atoms with Gasteiger partial charge in [-0.3, -0.25) is 4.79 Å². The molecule has 1 saturated heterocycles. The summed E-state index contributed by atoms with van der Waals surface area (Å²) >= 11 is 0. The van der Waals surface area contributed by atoms with Crippen LogP contribution in [0.3, 0.4) is 0 Å². The van der Waals surface area contributed by atoms with Crippen molar-refractivity contribution in [2.75, 3.05) is 38.8 Å². The van der Waals surface area contributed by atoms with E-state index in [1.54, 1.807) is 21.0 Å². The summed E-state index contributed by atoms with van der Waals surface area (Å²) < 4.78 is 16.2. The molecule has 1 aromatic carbocycles. The summed E-state index contributed by atoms with van der Waals surface area (Å²) in [5.41, 5.74) is 1.81. The molecule has 1 atom stereocenters. The Morgan fingerprint density at radius 1 is 1.27 bits per heavy atom. The van der Waals surface area contributed by atoms with Crippen LogP contribution in [0, 0.1) is 6.92 Å². The van der Waals surface area contributed by atoms with Crippen LogP contribution in [0.4, 0.5) is 5.82 Å². The lowest BCUT2D eigenvalue weighted by Gasteiger charge is -2.34. The fraction of sp³-hybridized carbons (Fsp3) is 0.400. The number of rotatable bonds is 6. The molecule has 0 aliphatic carbocycles. The number of aryl methyl sites for hydroxylation is 1. The Hall–Kier alpha value is -3.39. The number of pyridine rings is 2. The SMILES string of the molecule is CCOC(=O)c1c(-c2cc3ccccc3nc2N2CCC[C@H](OC)C2)[nH]c(C)c(OC)c1=O. The number of benzene rings is 1. The van der Waals surface area contributed by atoms with E-state index in [0.29, 0.717) is 29.3 Å². The molecule has 1 N–H and O–H groups in total. The normalized spacial score (nSPS) is 16.1. The minimum atomic E-state index is -0.695. The summed E-state index contributed by atoms with van der Waals surface area (Å²) in [5, 5.41) is 0.903. The number of hydrogen-bond acceptors (Lipinski definition) is 7. The molecular weight excluding hydrogens is 422 g/mol. The topological polar surface area (TPSA) is 93.8 Å². The fourth-order valence-electron chi connectivity index (χ4n) is 4.40. The number of H-pyrrole nitrogens is 1. The molecule has 0 spiro atoms.